The number of epoxide rings is 2. The predicted octanol–water partition coefficient (Wildman–Crippen LogP) is 1.59. The van der Waals surface area contributed by atoms with Crippen LogP contribution in [0.2, 0.25) is 0 Å². The SMILES string of the molecule is CC12OC1[C@H]1CC2C2CC3OC3(C)C21. The minimum atomic E-state index is 0.275. The van der Waals surface area contributed by atoms with Crippen molar-refractivity contribution in [2.45, 2.75) is 50.1 Å². The van der Waals surface area contributed by atoms with Crippen LogP contribution in [0.25, 0.3) is 0 Å². The van der Waals surface area contributed by atoms with Crippen LogP contribution in [-0.2, 0) is 9.47 Å². The fourth-order valence-electron chi connectivity index (χ4n) is 5.46. The summed E-state index contributed by atoms with van der Waals surface area (Å²) in [5.41, 5.74) is 0.580. The standard InChI is InChI=1S/C12H16O2/c1-11-7-3-6(10(11)14-11)9-5(7)4-8-12(9,2)13-8/h5-10H,3-4H2,1-2H3/t5?,6-,7?,8?,9?,10?,11?,12?/m0/s1. The molecule has 76 valence electrons. The van der Waals surface area contributed by atoms with Crippen LogP contribution < -0.4 is 0 Å². The van der Waals surface area contributed by atoms with Crippen molar-refractivity contribution in [3.05, 3.63) is 0 Å². The lowest BCUT2D eigenvalue weighted by molar-refractivity contribution is 0.103. The Labute approximate surface area is 84.0 Å². The molecule has 2 heteroatoms. The number of rotatable bonds is 0. The first-order chi connectivity index (χ1) is 6.64. The van der Waals surface area contributed by atoms with Crippen molar-refractivity contribution in [1.82, 2.24) is 0 Å². The smallest absolute Gasteiger partial charge is 0.0954 e. The maximum absolute atomic E-state index is 5.92. The normalized spacial score (nSPS) is 81.0. The highest BCUT2D eigenvalue weighted by Crippen LogP contribution is 2.76. The molecule has 0 N–H and O–H groups in total. The lowest BCUT2D eigenvalue weighted by Crippen LogP contribution is -2.36. The quantitative estimate of drug-likeness (QED) is 0.544. The van der Waals surface area contributed by atoms with Crippen molar-refractivity contribution in [3.8, 4) is 0 Å². The molecule has 0 aromatic carbocycles. The van der Waals surface area contributed by atoms with Crippen LogP contribution in [0.5, 0.6) is 0 Å². The van der Waals surface area contributed by atoms with E-state index in [9.17, 15) is 0 Å². The van der Waals surface area contributed by atoms with Crippen LogP contribution in [0.15, 0.2) is 0 Å². The fourth-order valence-corrected chi connectivity index (χ4v) is 5.46. The van der Waals surface area contributed by atoms with E-state index < -0.39 is 0 Å². The molecule has 2 heterocycles. The van der Waals surface area contributed by atoms with E-state index in [0.717, 1.165) is 23.7 Å². The number of ether oxygens (including phenoxy) is 2. The molecule has 3 saturated carbocycles. The van der Waals surface area contributed by atoms with Gasteiger partial charge in [-0.3, -0.25) is 0 Å². The average molecular weight is 192 g/mol. The summed E-state index contributed by atoms with van der Waals surface area (Å²) in [6.45, 7) is 4.68. The summed E-state index contributed by atoms with van der Waals surface area (Å²) < 4.78 is 11.8. The van der Waals surface area contributed by atoms with Gasteiger partial charge in [0, 0.05) is 0 Å². The van der Waals surface area contributed by atoms with Crippen molar-refractivity contribution in [3.63, 3.8) is 0 Å². The van der Waals surface area contributed by atoms with Crippen LogP contribution in [-0.4, -0.2) is 23.4 Å². The first-order valence-electron chi connectivity index (χ1n) is 6.00. The largest absolute Gasteiger partial charge is 0.366 e. The maximum Gasteiger partial charge on any atom is 0.0954 e. The molecule has 2 nitrogen and oxygen atoms in total. The van der Waals surface area contributed by atoms with Crippen LogP contribution in [0.4, 0.5) is 0 Å². The van der Waals surface area contributed by atoms with Gasteiger partial charge < -0.3 is 9.47 Å². The Bertz CT molecular complexity index is 350. The molecule has 0 amide bonds. The van der Waals surface area contributed by atoms with Crippen LogP contribution in [0.3, 0.4) is 0 Å². The van der Waals surface area contributed by atoms with Gasteiger partial charge in [-0.15, -0.1) is 0 Å². The van der Waals surface area contributed by atoms with E-state index in [1.807, 2.05) is 0 Å². The van der Waals surface area contributed by atoms with Crippen LogP contribution in [0, 0.1) is 23.7 Å². The number of fused-ring (bicyclic) bond motifs is 10. The van der Waals surface area contributed by atoms with E-state index in [1.165, 1.54) is 12.8 Å². The summed E-state index contributed by atoms with van der Waals surface area (Å²) in [5, 5.41) is 0. The molecule has 0 radical (unpaired) electrons. The Balaban J connectivity index is 1.65. The van der Waals surface area contributed by atoms with Crippen molar-refractivity contribution >= 4 is 0 Å². The van der Waals surface area contributed by atoms with Crippen LogP contribution >= 0.6 is 0 Å². The van der Waals surface area contributed by atoms with E-state index in [4.69, 9.17) is 9.47 Å². The third kappa shape index (κ3) is 0.489. The molecule has 5 rings (SSSR count). The molecular formula is C12H16O2. The Morgan fingerprint density at radius 2 is 1.86 bits per heavy atom. The summed E-state index contributed by atoms with van der Waals surface area (Å²) >= 11 is 0. The molecule has 2 aliphatic heterocycles. The van der Waals surface area contributed by atoms with Gasteiger partial charge in [0.25, 0.3) is 0 Å². The molecule has 2 saturated heterocycles. The first-order valence-corrected chi connectivity index (χ1v) is 6.00. The molecule has 5 fully saturated rings. The molecular weight excluding hydrogens is 176 g/mol. The van der Waals surface area contributed by atoms with E-state index in [2.05, 4.69) is 13.8 Å². The lowest BCUT2D eigenvalue weighted by Gasteiger charge is -2.30. The van der Waals surface area contributed by atoms with Gasteiger partial charge in [0.05, 0.1) is 23.4 Å². The molecule has 14 heavy (non-hydrogen) atoms. The van der Waals surface area contributed by atoms with Gasteiger partial charge in [0.2, 0.25) is 0 Å². The van der Waals surface area contributed by atoms with Crippen LogP contribution in [0.1, 0.15) is 26.7 Å². The third-order valence-corrected chi connectivity index (χ3v) is 6.11. The minimum Gasteiger partial charge on any atom is -0.366 e. The highest BCUT2D eigenvalue weighted by Gasteiger charge is 2.82. The van der Waals surface area contributed by atoms with E-state index >= 15 is 0 Å². The van der Waals surface area contributed by atoms with Crippen molar-refractivity contribution in [2.75, 3.05) is 0 Å². The molecule has 3 aliphatic carbocycles. The van der Waals surface area contributed by atoms with Gasteiger partial charge in [0.15, 0.2) is 0 Å². The average Bonchev–Trinajstić information content (AvgIpc) is 2.85. The summed E-state index contributed by atoms with van der Waals surface area (Å²) in [6.07, 6.45) is 3.98. The Hall–Kier alpha value is -0.0800. The van der Waals surface area contributed by atoms with Crippen molar-refractivity contribution < 1.29 is 9.47 Å². The Morgan fingerprint density at radius 1 is 1.00 bits per heavy atom. The molecule has 2 bridgehead atoms. The topological polar surface area (TPSA) is 25.1 Å². The second kappa shape index (κ2) is 1.60. The molecule has 0 aromatic heterocycles. The Morgan fingerprint density at radius 3 is 2.71 bits per heavy atom. The molecule has 8 atom stereocenters. The second-order valence-electron chi connectivity index (χ2n) is 6.44. The summed E-state index contributed by atoms with van der Waals surface area (Å²) in [7, 11) is 0. The molecule has 5 aliphatic rings. The summed E-state index contributed by atoms with van der Waals surface area (Å²) in [5.74, 6) is 3.49. The van der Waals surface area contributed by atoms with Gasteiger partial charge >= 0.3 is 0 Å². The van der Waals surface area contributed by atoms with Gasteiger partial charge in [-0.25, -0.2) is 0 Å². The number of hydrogen-bond acceptors (Lipinski definition) is 2. The summed E-state index contributed by atoms with van der Waals surface area (Å²) in [6, 6.07) is 0. The van der Waals surface area contributed by atoms with Gasteiger partial charge in [-0.05, 0) is 50.4 Å². The third-order valence-electron chi connectivity index (χ3n) is 6.11. The predicted molar refractivity (Wildman–Crippen MR) is 49.8 cm³/mol. The maximum atomic E-state index is 5.92. The molecule has 0 spiro atoms. The van der Waals surface area contributed by atoms with E-state index in [0.29, 0.717) is 17.8 Å². The van der Waals surface area contributed by atoms with E-state index in [-0.39, 0.29) is 5.60 Å². The minimum absolute atomic E-state index is 0.275. The number of hydrogen-bond donors (Lipinski definition) is 0. The lowest BCUT2D eigenvalue weighted by atomic mass is 9.73. The first kappa shape index (κ1) is 7.24. The summed E-state index contributed by atoms with van der Waals surface area (Å²) in [4.78, 5) is 0. The van der Waals surface area contributed by atoms with Gasteiger partial charge in [0.1, 0.15) is 0 Å². The zero-order chi connectivity index (χ0) is 9.29. The molecule has 0 aromatic rings. The zero-order valence-electron chi connectivity index (χ0n) is 8.69. The zero-order valence-corrected chi connectivity index (χ0v) is 8.69. The van der Waals surface area contributed by atoms with Crippen molar-refractivity contribution in [1.29, 1.82) is 0 Å². The van der Waals surface area contributed by atoms with Gasteiger partial charge in [-0.2, -0.15) is 0 Å². The highest BCUT2D eigenvalue weighted by molar-refractivity contribution is 5.30. The van der Waals surface area contributed by atoms with Crippen molar-refractivity contribution in [2.24, 2.45) is 23.7 Å². The fraction of sp³-hybridized carbons (Fsp3) is 1.00. The monoisotopic (exact) mass is 192 g/mol. The second-order valence-corrected chi connectivity index (χ2v) is 6.44. The van der Waals surface area contributed by atoms with Gasteiger partial charge in [-0.1, -0.05) is 0 Å². The molecule has 7 unspecified atom stereocenters. The van der Waals surface area contributed by atoms with E-state index in [1.54, 1.807) is 0 Å². The Kier molecular flexibility index (Phi) is 0.825. The highest BCUT2D eigenvalue weighted by atomic mass is 16.6.